The summed E-state index contributed by atoms with van der Waals surface area (Å²) in [6.45, 7) is 1.30. The number of nitrogens with one attached hydrogen (secondary N) is 1. The van der Waals surface area contributed by atoms with E-state index in [4.69, 9.17) is 4.74 Å². The molecule has 2 fully saturated rings. The lowest BCUT2D eigenvalue weighted by atomic mass is 10.0. The molecule has 5 rings (SSSR count). The van der Waals surface area contributed by atoms with E-state index in [1.807, 2.05) is 24.3 Å². The standard InChI is InChI=1S/C24H28N4O5S/c1-33-18-8-10-19(11-9-18)34(31,32)27-14-4-7-22(27)23(29)26-15-12-17(13-16-26)28-21-6-3-2-5-20(21)25-24(28)30/h2-3,5-6,8-11,17,22H,4,7,12-16H2,1H3,(H,25,30)/t22-/m0/s1. The van der Waals surface area contributed by atoms with Crippen molar-refractivity contribution in [2.24, 2.45) is 0 Å². The van der Waals surface area contributed by atoms with E-state index < -0.39 is 16.1 Å². The number of sulfonamides is 1. The summed E-state index contributed by atoms with van der Waals surface area (Å²) >= 11 is 0. The quantitative estimate of drug-likeness (QED) is 0.599. The van der Waals surface area contributed by atoms with Gasteiger partial charge in [-0.25, -0.2) is 13.2 Å². The van der Waals surface area contributed by atoms with Crippen LogP contribution >= 0.6 is 0 Å². The maximum absolute atomic E-state index is 13.4. The summed E-state index contributed by atoms with van der Waals surface area (Å²) in [5.41, 5.74) is 1.53. The van der Waals surface area contributed by atoms with Crippen molar-refractivity contribution in [2.45, 2.75) is 42.7 Å². The normalized spacial score (nSPS) is 20.1. The van der Waals surface area contributed by atoms with Gasteiger partial charge < -0.3 is 14.6 Å². The second kappa shape index (κ2) is 8.92. The van der Waals surface area contributed by atoms with Crippen LogP contribution in [0.25, 0.3) is 11.0 Å². The van der Waals surface area contributed by atoms with Crippen molar-refractivity contribution < 1.29 is 17.9 Å². The van der Waals surface area contributed by atoms with Crippen molar-refractivity contribution in [3.63, 3.8) is 0 Å². The van der Waals surface area contributed by atoms with E-state index in [-0.39, 0.29) is 22.5 Å². The Morgan fingerprint density at radius 1 is 1.00 bits per heavy atom. The lowest BCUT2D eigenvalue weighted by Crippen LogP contribution is -2.50. The number of imidazole rings is 1. The van der Waals surface area contributed by atoms with Crippen LogP contribution in [0.2, 0.25) is 0 Å². The molecule has 1 aromatic heterocycles. The fourth-order valence-corrected chi connectivity index (χ4v) is 6.80. The predicted molar refractivity (Wildman–Crippen MR) is 127 cm³/mol. The molecule has 10 heteroatoms. The number of aromatic amines is 1. The molecule has 2 saturated heterocycles. The molecule has 2 aromatic carbocycles. The number of hydrogen-bond donors (Lipinski definition) is 1. The Kier molecular flexibility index (Phi) is 5.95. The van der Waals surface area contributed by atoms with Gasteiger partial charge in [-0.15, -0.1) is 0 Å². The average molecular weight is 485 g/mol. The highest BCUT2D eigenvalue weighted by molar-refractivity contribution is 7.89. The Labute approximate surface area is 198 Å². The molecule has 1 amide bonds. The molecule has 3 aromatic rings. The summed E-state index contributed by atoms with van der Waals surface area (Å²) in [5, 5.41) is 0. The summed E-state index contributed by atoms with van der Waals surface area (Å²) in [7, 11) is -2.27. The van der Waals surface area contributed by atoms with Crippen molar-refractivity contribution in [1.82, 2.24) is 18.8 Å². The number of aromatic nitrogens is 2. The summed E-state index contributed by atoms with van der Waals surface area (Å²) in [5.74, 6) is 0.421. The molecule has 2 aliphatic heterocycles. The molecule has 0 unspecified atom stereocenters. The molecule has 1 atom stereocenters. The van der Waals surface area contributed by atoms with Gasteiger partial charge in [0.25, 0.3) is 0 Å². The predicted octanol–water partition coefficient (Wildman–Crippen LogP) is 2.35. The van der Waals surface area contributed by atoms with Gasteiger partial charge >= 0.3 is 5.69 Å². The number of amides is 1. The van der Waals surface area contributed by atoms with Gasteiger partial charge in [0.15, 0.2) is 0 Å². The van der Waals surface area contributed by atoms with E-state index >= 15 is 0 Å². The fraction of sp³-hybridized carbons (Fsp3) is 0.417. The first-order chi connectivity index (χ1) is 16.4. The maximum atomic E-state index is 13.4. The summed E-state index contributed by atoms with van der Waals surface area (Å²) in [6.07, 6.45) is 2.44. The zero-order valence-electron chi connectivity index (χ0n) is 19.0. The number of ether oxygens (including phenoxy) is 1. The van der Waals surface area contributed by atoms with Crippen LogP contribution in [0, 0.1) is 0 Å². The number of carbonyl (C=O) groups excluding carboxylic acids is 1. The highest BCUT2D eigenvalue weighted by Gasteiger charge is 2.42. The lowest BCUT2D eigenvalue weighted by Gasteiger charge is -2.35. The van der Waals surface area contributed by atoms with Crippen LogP contribution in [-0.4, -0.2) is 65.9 Å². The minimum absolute atomic E-state index is 0.00425. The molecular formula is C24H28N4O5S. The number of benzene rings is 2. The molecular weight excluding hydrogens is 456 g/mol. The molecule has 0 bridgehead atoms. The second-order valence-corrected chi connectivity index (χ2v) is 10.7. The molecule has 0 radical (unpaired) electrons. The zero-order chi connectivity index (χ0) is 23.9. The van der Waals surface area contributed by atoms with Crippen LogP contribution in [0.3, 0.4) is 0 Å². The highest BCUT2D eigenvalue weighted by Crippen LogP contribution is 2.30. The number of para-hydroxylation sites is 2. The van der Waals surface area contributed by atoms with Crippen LogP contribution in [0.4, 0.5) is 0 Å². The van der Waals surface area contributed by atoms with E-state index in [0.29, 0.717) is 51.1 Å². The molecule has 180 valence electrons. The molecule has 0 aliphatic carbocycles. The summed E-state index contributed by atoms with van der Waals surface area (Å²) < 4.78 is 34.8. The summed E-state index contributed by atoms with van der Waals surface area (Å²) in [6, 6.07) is 13.1. The molecule has 0 spiro atoms. The Morgan fingerprint density at radius 3 is 2.41 bits per heavy atom. The highest BCUT2D eigenvalue weighted by atomic mass is 32.2. The first-order valence-electron chi connectivity index (χ1n) is 11.5. The van der Waals surface area contributed by atoms with E-state index in [1.54, 1.807) is 21.6 Å². The Hall–Kier alpha value is -3.11. The number of fused-ring (bicyclic) bond motifs is 1. The number of H-pyrrole nitrogens is 1. The number of piperidine rings is 1. The first kappa shape index (κ1) is 22.7. The molecule has 1 N–H and O–H groups in total. The van der Waals surface area contributed by atoms with E-state index in [2.05, 4.69) is 4.98 Å². The Balaban J connectivity index is 1.30. The third kappa shape index (κ3) is 3.90. The topological polar surface area (TPSA) is 105 Å². The first-order valence-corrected chi connectivity index (χ1v) is 13.0. The van der Waals surface area contributed by atoms with Crippen molar-refractivity contribution in [2.75, 3.05) is 26.7 Å². The van der Waals surface area contributed by atoms with E-state index in [0.717, 1.165) is 11.0 Å². The van der Waals surface area contributed by atoms with E-state index in [1.165, 1.54) is 23.5 Å². The number of carbonyl (C=O) groups is 1. The average Bonchev–Trinajstić information content (AvgIpc) is 3.48. The monoisotopic (exact) mass is 484 g/mol. The van der Waals surface area contributed by atoms with Crippen molar-refractivity contribution in [3.8, 4) is 5.75 Å². The largest absolute Gasteiger partial charge is 0.497 e. The number of likely N-dealkylation sites (tertiary alicyclic amines) is 1. The van der Waals surface area contributed by atoms with Crippen LogP contribution in [-0.2, 0) is 14.8 Å². The number of methoxy groups -OCH3 is 1. The maximum Gasteiger partial charge on any atom is 0.326 e. The van der Waals surface area contributed by atoms with Crippen LogP contribution in [0.1, 0.15) is 31.7 Å². The van der Waals surface area contributed by atoms with Gasteiger partial charge in [0.05, 0.1) is 23.0 Å². The molecule has 9 nitrogen and oxygen atoms in total. The number of hydrogen-bond acceptors (Lipinski definition) is 5. The van der Waals surface area contributed by atoms with Crippen LogP contribution < -0.4 is 10.4 Å². The van der Waals surface area contributed by atoms with Crippen LogP contribution in [0.5, 0.6) is 5.75 Å². The van der Waals surface area contributed by atoms with Gasteiger partial charge in [-0.3, -0.25) is 9.36 Å². The third-order valence-electron chi connectivity index (χ3n) is 6.92. The van der Waals surface area contributed by atoms with Gasteiger partial charge in [0.2, 0.25) is 15.9 Å². The third-order valence-corrected chi connectivity index (χ3v) is 8.84. The molecule has 0 saturated carbocycles. The van der Waals surface area contributed by atoms with Crippen LogP contribution in [0.15, 0.2) is 58.2 Å². The minimum atomic E-state index is -3.79. The van der Waals surface area contributed by atoms with Gasteiger partial charge in [0.1, 0.15) is 11.8 Å². The van der Waals surface area contributed by atoms with Gasteiger partial charge in [-0.05, 0) is 62.1 Å². The SMILES string of the molecule is COc1ccc(S(=O)(=O)N2CCC[C@H]2C(=O)N2CCC(n3c(=O)[nH]c4ccccc43)CC2)cc1. The van der Waals surface area contributed by atoms with Gasteiger partial charge in [0, 0.05) is 25.7 Å². The summed E-state index contributed by atoms with van der Waals surface area (Å²) in [4.78, 5) is 30.7. The van der Waals surface area contributed by atoms with Crippen molar-refractivity contribution in [3.05, 3.63) is 59.0 Å². The van der Waals surface area contributed by atoms with Gasteiger partial charge in [-0.2, -0.15) is 4.31 Å². The lowest BCUT2D eigenvalue weighted by molar-refractivity contribution is -0.135. The number of rotatable bonds is 5. The Bertz CT molecular complexity index is 1350. The van der Waals surface area contributed by atoms with Crippen molar-refractivity contribution >= 4 is 27.0 Å². The molecule has 2 aliphatic rings. The molecule has 3 heterocycles. The van der Waals surface area contributed by atoms with Gasteiger partial charge in [-0.1, -0.05) is 12.1 Å². The smallest absolute Gasteiger partial charge is 0.326 e. The minimum Gasteiger partial charge on any atom is -0.497 e. The molecule has 34 heavy (non-hydrogen) atoms. The Morgan fingerprint density at radius 2 is 1.71 bits per heavy atom. The zero-order valence-corrected chi connectivity index (χ0v) is 19.8. The van der Waals surface area contributed by atoms with E-state index in [9.17, 15) is 18.0 Å². The second-order valence-electron chi connectivity index (χ2n) is 8.82. The van der Waals surface area contributed by atoms with Crippen molar-refractivity contribution in [1.29, 1.82) is 0 Å². The number of nitrogens with zero attached hydrogens (tertiary/aromatic N) is 3. The fourth-order valence-electron chi connectivity index (χ4n) is 5.15.